The third kappa shape index (κ3) is 5.29. The number of oxime groups is 1. The molecule has 0 spiro atoms. The summed E-state index contributed by atoms with van der Waals surface area (Å²) in [6.45, 7) is 1.37. The maximum atomic E-state index is 12.9. The van der Waals surface area contributed by atoms with Crippen molar-refractivity contribution in [3.8, 4) is 0 Å². The molecule has 2 aromatic carbocycles. The Kier molecular flexibility index (Phi) is 7.55. The molecule has 0 saturated carbocycles. The maximum absolute atomic E-state index is 12.9. The fraction of sp³-hybridized carbons (Fsp3) is 0.167. The van der Waals surface area contributed by atoms with Gasteiger partial charge in [0.15, 0.2) is 5.41 Å². The van der Waals surface area contributed by atoms with Crippen LogP contribution in [0.25, 0.3) is 0 Å². The van der Waals surface area contributed by atoms with Crippen molar-refractivity contribution in [2.45, 2.75) is 6.92 Å². The summed E-state index contributed by atoms with van der Waals surface area (Å²) in [4.78, 5) is 30.4. The van der Waals surface area contributed by atoms with Gasteiger partial charge in [0, 0.05) is 10.0 Å². The number of nitrogens with one attached hydrogen (secondary N) is 2. The number of halogens is 4. The first-order valence-electron chi connectivity index (χ1n) is 7.78. The smallest absolute Gasteiger partial charge is 0.245 e. The summed E-state index contributed by atoms with van der Waals surface area (Å²) in [7, 11) is 1.29. The first-order valence-corrected chi connectivity index (χ1v) is 9.29. The van der Waals surface area contributed by atoms with E-state index in [4.69, 9.17) is 46.4 Å². The van der Waals surface area contributed by atoms with Gasteiger partial charge in [-0.1, -0.05) is 51.6 Å². The second-order valence-corrected chi connectivity index (χ2v) is 7.46. The molecule has 0 bridgehead atoms. The van der Waals surface area contributed by atoms with E-state index in [2.05, 4.69) is 20.6 Å². The molecule has 10 heteroatoms. The number of rotatable bonds is 6. The molecule has 148 valence electrons. The average Bonchev–Trinajstić information content (AvgIpc) is 2.64. The van der Waals surface area contributed by atoms with Crippen molar-refractivity contribution in [1.82, 2.24) is 0 Å². The zero-order chi connectivity index (χ0) is 20.9. The number of nitrogens with zero attached hydrogens (tertiary/aromatic N) is 1. The summed E-state index contributed by atoms with van der Waals surface area (Å²) in [5.74, 6) is -1.39. The molecule has 28 heavy (non-hydrogen) atoms. The van der Waals surface area contributed by atoms with Crippen molar-refractivity contribution in [3.63, 3.8) is 0 Å². The van der Waals surface area contributed by atoms with Crippen LogP contribution in [0.4, 0.5) is 11.4 Å². The van der Waals surface area contributed by atoms with E-state index in [1.54, 1.807) is 12.1 Å². The van der Waals surface area contributed by atoms with Crippen LogP contribution in [0, 0.1) is 5.41 Å². The molecule has 0 radical (unpaired) electrons. The Morgan fingerprint density at radius 3 is 1.71 bits per heavy atom. The van der Waals surface area contributed by atoms with Gasteiger partial charge in [0.05, 0.1) is 27.6 Å². The molecular formula is C18H15Cl4N3O3. The van der Waals surface area contributed by atoms with Gasteiger partial charge in [0.2, 0.25) is 11.8 Å². The van der Waals surface area contributed by atoms with Crippen molar-refractivity contribution in [1.29, 1.82) is 0 Å². The van der Waals surface area contributed by atoms with Gasteiger partial charge >= 0.3 is 0 Å². The molecule has 2 rings (SSSR count). The molecule has 0 fully saturated rings. The molecule has 0 saturated heterocycles. The first-order chi connectivity index (χ1) is 13.2. The Labute approximate surface area is 181 Å². The minimum absolute atomic E-state index is 0.216. The molecule has 0 aliphatic carbocycles. The number of amides is 2. The number of carbonyl (C=O) groups excluding carboxylic acids is 2. The van der Waals surface area contributed by atoms with Gasteiger partial charge in [0.1, 0.15) is 7.11 Å². The highest BCUT2D eigenvalue weighted by atomic mass is 35.5. The van der Waals surface area contributed by atoms with E-state index < -0.39 is 17.2 Å². The number of hydrogen-bond donors (Lipinski definition) is 2. The van der Waals surface area contributed by atoms with Crippen molar-refractivity contribution < 1.29 is 14.4 Å². The van der Waals surface area contributed by atoms with Gasteiger partial charge in [0.25, 0.3) is 0 Å². The highest BCUT2D eigenvalue weighted by Crippen LogP contribution is 2.30. The van der Waals surface area contributed by atoms with Crippen molar-refractivity contribution >= 4 is 75.8 Å². The van der Waals surface area contributed by atoms with E-state index >= 15 is 0 Å². The topological polar surface area (TPSA) is 79.8 Å². The van der Waals surface area contributed by atoms with Crippen LogP contribution in [0.2, 0.25) is 20.1 Å². The van der Waals surface area contributed by atoms with E-state index in [0.717, 1.165) is 6.21 Å². The first kappa shape index (κ1) is 22.3. The largest absolute Gasteiger partial charge is 0.399 e. The second kappa shape index (κ2) is 9.47. The SMILES string of the molecule is CO/N=C/C(C)(C(=O)Nc1ccc(Cl)cc1Cl)C(=O)Nc1ccc(Cl)cc1Cl. The van der Waals surface area contributed by atoms with Gasteiger partial charge in [-0.15, -0.1) is 0 Å². The molecule has 0 aromatic heterocycles. The van der Waals surface area contributed by atoms with Gasteiger partial charge in [-0.3, -0.25) is 9.59 Å². The van der Waals surface area contributed by atoms with Crippen LogP contribution >= 0.6 is 46.4 Å². The Morgan fingerprint density at radius 2 is 1.36 bits per heavy atom. The molecule has 0 heterocycles. The quantitative estimate of drug-likeness (QED) is 0.337. The Morgan fingerprint density at radius 1 is 0.929 bits per heavy atom. The fourth-order valence-corrected chi connectivity index (χ4v) is 2.98. The molecule has 6 nitrogen and oxygen atoms in total. The van der Waals surface area contributed by atoms with Crippen LogP contribution in [-0.4, -0.2) is 25.1 Å². The maximum Gasteiger partial charge on any atom is 0.245 e. The average molecular weight is 463 g/mol. The summed E-state index contributed by atoms with van der Waals surface area (Å²) in [6.07, 6.45) is 1.07. The molecule has 2 N–H and O–H groups in total. The van der Waals surface area contributed by atoms with E-state index in [1.165, 1.54) is 38.3 Å². The Bertz CT molecular complexity index is 869. The minimum Gasteiger partial charge on any atom is -0.399 e. The third-order valence-electron chi connectivity index (χ3n) is 3.72. The van der Waals surface area contributed by atoms with E-state index in [9.17, 15) is 9.59 Å². The predicted octanol–water partition coefficient (Wildman–Crippen LogP) is 5.52. The minimum atomic E-state index is -1.75. The van der Waals surface area contributed by atoms with Crippen LogP contribution in [0.15, 0.2) is 41.6 Å². The molecule has 2 aromatic rings. The van der Waals surface area contributed by atoms with Crippen LogP contribution in [0.3, 0.4) is 0 Å². The molecule has 0 aliphatic rings. The number of anilines is 2. The second-order valence-electron chi connectivity index (χ2n) is 5.78. The van der Waals surface area contributed by atoms with Crippen molar-refractivity contribution in [3.05, 3.63) is 56.5 Å². The number of benzene rings is 2. The summed E-state index contributed by atoms with van der Waals surface area (Å²) < 4.78 is 0. The van der Waals surface area contributed by atoms with Crippen LogP contribution < -0.4 is 10.6 Å². The number of hydrogen-bond acceptors (Lipinski definition) is 4. The van der Waals surface area contributed by atoms with E-state index in [-0.39, 0.29) is 21.4 Å². The lowest BCUT2D eigenvalue weighted by atomic mass is 9.89. The molecule has 0 aliphatic heterocycles. The Hall–Kier alpha value is -1.99. The van der Waals surface area contributed by atoms with Crippen LogP contribution in [-0.2, 0) is 14.4 Å². The lowest BCUT2D eigenvalue weighted by molar-refractivity contribution is -0.131. The van der Waals surface area contributed by atoms with E-state index in [0.29, 0.717) is 10.0 Å². The lowest BCUT2D eigenvalue weighted by Gasteiger charge is -2.23. The zero-order valence-electron chi connectivity index (χ0n) is 14.7. The van der Waals surface area contributed by atoms with Crippen LogP contribution in [0.5, 0.6) is 0 Å². The van der Waals surface area contributed by atoms with Gasteiger partial charge in [-0.2, -0.15) is 0 Å². The molecule has 0 unspecified atom stereocenters. The summed E-state index contributed by atoms with van der Waals surface area (Å²) in [5.41, 5.74) is -1.18. The zero-order valence-corrected chi connectivity index (χ0v) is 17.7. The summed E-state index contributed by atoms with van der Waals surface area (Å²) >= 11 is 23.9. The van der Waals surface area contributed by atoms with Crippen molar-refractivity contribution in [2.24, 2.45) is 10.6 Å². The highest BCUT2D eigenvalue weighted by Gasteiger charge is 2.41. The normalized spacial score (nSPS) is 11.4. The third-order valence-corrected chi connectivity index (χ3v) is 4.81. The molecular weight excluding hydrogens is 448 g/mol. The van der Waals surface area contributed by atoms with Crippen LogP contribution in [0.1, 0.15) is 6.92 Å². The predicted molar refractivity (Wildman–Crippen MR) is 114 cm³/mol. The molecule has 2 amide bonds. The molecule has 0 atom stereocenters. The summed E-state index contributed by atoms with van der Waals surface area (Å²) in [5, 5.41) is 10.0. The monoisotopic (exact) mass is 461 g/mol. The fourth-order valence-electron chi connectivity index (χ4n) is 2.06. The van der Waals surface area contributed by atoms with Gasteiger partial charge < -0.3 is 15.5 Å². The standard InChI is InChI=1S/C18H15Cl4N3O3/c1-18(9-23-28-2,16(26)24-14-5-3-10(19)7-12(14)21)17(27)25-15-6-4-11(20)8-13(15)22/h3-9H,1-2H3,(H,24,26)(H,25,27)/b23-9+. The Balaban J connectivity index is 2.31. The highest BCUT2D eigenvalue weighted by molar-refractivity contribution is 6.38. The lowest BCUT2D eigenvalue weighted by Crippen LogP contribution is -2.45. The number of carbonyl (C=O) groups is 2. The van der Waals surface area contributed by atoms with E-state index in [1.807, 2.05) is 0 Å². The van der Waals surface area contributed by atoms with Gasteiger partial charge in [-0.05, 0) is 43.3 Å². The van der Waals surface area contributed by atoms with Gasteiger partial charge in [-0.25, -0.2) is 0 Å². The van der Waals surface area contributed by atoms with Crippen molar-refractivity contribution in [2.75, 3.05) is 17.7 Å². The summed E-state index contributed by atoms with van der Waals surface area (Å²) in [6, 6.07) is 9.07.